The van der Waals surface area contributed by atoms with Crippen LogP contribution in [0, 0.1) is 11.8 Å². The fourth-order valence-corrected chi connectivity index (χ4v) is 2.12. The summed E-state index contributed by atoms with van der Waals surface area (Å²) in [7, 11) is 0. The van der Waals surface area contributed by atoms with Crippen LogP contribution in [0.4, 0.5) is 4.39 Å². The van der Waals surface area contributed by atoms with Crippen molar-refractivity contribution in [3.63, 3.8) is 0 Å². The largest absolute Gasteiger partial charge is 0.350 e. The van der Waals surface area contributed by atoms with E-state index in [4.69, 9.17) is 0 Å². The summed E-state index contributed by atoms with van der Waals surface area (Å²) in [5.74, 6) is 0.538. The van der Waals surface area contributed by atoms with Crippen LogP contribution in [0.15, 0.2) is 0 Å². The number of hydrogen-bond donors (Lipinski definition) is 1. The van der Waals surface area contributed by atoms with Crippen LogP contribution >= 0.6 is 0 Å². The second-order valence-electron chi connectivity index (χ2n) is 6.06. The molecule has 18 heavy (non-hydrogen) atoms. The van der Waals surface area contributed by atoms with Gasteiger partial charge in [0.2, 0.25) is 5.91 Å². The molecule has 106 valence electrons. The van der Waals surface area contributed by atoms with Gasteiger partial charge in [-0.15, -0.1) is 0 Å². The molecule has 0 unspecified atom stereocenters. The summed E-state index contributed by atoms with van der Waals surface area (Å²) in [5.41, 5.74) is 0. The molecule has 2 atom stereocenters. The summed E-state index contributed by atoms with van der Waals surface area (Å²) < 4.78 is 14.0. The molecule has 0 aliphatic carbocycles. The van der Waals surface area contributed by atoms with Gasteiger partial charge in [0.1, 0.15) is 6.17 Å². The second kappa shape index (κ2) is 7.07. The molecule has 0 saturated carbocycles. The quantitative estimate of drug-likeness (QED) is 0.820. The molecule has 1 heterocycles. The molecule has 0 bridgehead atoms. The normalized spacial score (nSPS) is 25.7. The molecule has 4 heteroatoms. The minimum Gasteiger partial charge on any atom is -0.350 e. The molecular formula is C14H27FN2O. The third kappa shape index (κ3) is 4.92. The van der Waals surface area contributed by atoms with Gasteiger partial charge < -0.3 is 10.2 Å². The molecule has 0 aromatic carbocycles. The minimum absolute atomic E-state index is 0.0433. The van der Waals surface area contributed by atoms with E-state index in [1.807, 2.05) is 13.8 Å². The molecule has 1 fully saturated rings. The lowest BCUT2D eigenvalue weighted by atomic mass is 10.0. The highest BCUT2D eigenvalue weighted by atomic mass is 19.1. The van der Waals surface area contributed by atoms with Crippen molar-refractivity contribution in [3.05, 3.63) is 0 Å². The smallest absolute Gasteiger partial charge is 0.222 e. The first-order chi connectivity index (χ1) is 8.40. The van der Waals surface area contributed by atoms with Crippen molar-refractivity contribution in [2.45, 2.75) is 52.8 Å². The Bertz CT molecular complexity index is 269. The maximum Gasteiger partial charge on any atom is 0.222 e. The van der Waals surface area contributed by atoms with Crippen molar-refractivity contribution >= 4 is 5.91 Å². The predicted octanol–water partition coefficient (Wildman–Crippen LogP) is 2.22. The summed E-state index contributed by atoms with van der Waals surface area (Å²) in [6.45, 7) is 10.3. The van der Waals surface area contributed by atoms with Crippen LogP contribution in [-0.4, -0.2) is 42.7 Å². The van der Waals surface area contributed by atoms with E-state index in [1.54, 1.807) is 0 Å². The molecule has 0 aromatic rings. The summed E-state index contributed by atoms with van der Waals surface area (Å²) in [4.78, 5) is 13.7. The Kier molecular flexibility index (Phi) is 6.06. The van der Waals surface area contributed by atoms with E-state index in [0.29, 0.717) is 12.5 Å². The zero-order chi connectivity index (χ0) is 13.7. The van der Waals surface area contributed by atoms with Crippen LogP contribution in [-0.2, 0) is 4.79 Å². The molecule has 1 N–H and O–H groups in total. The SMILES string of the molecule is CC(C)CCN1CC[C@@H](NC(=O)C(C)C)[C@@H](F)C1. The fraction of sp³-hybridized carbons (Fsp3) is 0.929. The molecule has 1 amide bonds. The zero-order valence-corrected chi connectivity index (χ0v) is 12.1. The van der Waals surface area contributed by atoms with Gasteiger partial charge in [0.25, 0.3) is 0 Å². The lowest BCUT2D eigenvalue weighted by Crippen LogP contribution is -2.53. The number of piperidine rings is 1. The van der Waals surface area contributed by atoms with Gasteiger partial charge in [-0.3, -0.25) is 4.79 Å². The Balaban J connectivity index is 2.34. The van der Waals surface area contributed by atoms with Crippen LogP contribution in [0.2, 0.25) is 0 Å². The van der Waals surface area contributed by atoms with Crippen LogP contribution in [0.1, 0.15) is 40.5 Å². The van der Waals surface area contributed by atoms with E-state index in [2.05, 4.69) is 24.1 Å². The number of likely N-dealkylation sites (tertiary alicyclic amines) is 1. The topological polar surface area (TPSA) is 32.3 Å². The first-order valence-corrected chi connectivity index (χ1v) is 7.07. The Labute approximate surface area is 110 Å². The van der Waals surface area contributed by atoms with Gasteiger partial charge in [-0.2, -0.15) is 0 Å². The second-order valence-corrected chi connectivity index (χ2v) is 6.06. The average Bonchev–Trinajstić information content (AvgIpc) is 2.29. The molecule has 1 rings (SSSR count). The first kappa shape index (κ1) is 15.4. The minimum atomic E-state index is -0.936. The molecule has 1 saturated heterocycles. The van der Waals surface area contributed by atoms with Crippen molar-refractivity contribution < 1.29 is 9.18 Å². The van der Waals surface area contributed by atoms with Crippen molar-refractivity contribution in [1.82, 2.24) is 10.2 Å². The fourth-order valence-electron chi connectivity index (χ4n) is 2.12. The summed E-state index contributed by atoms with van der Waals surface area (Å²) in [6, 6.07) is -0.296. The molecular weight excluding hydrogens is 231 g/mol. The van der Waals surface area contributed by atoms with E-state index in [9.17, 15) is 9.18 Å². The maximum atomic E-state index is 14.0. The standard InChI is InChI=1S/C14H27FN2O/c1-10(2)5-7-17-8-6-13(12(15)9-17)16-14(18)11(3)4/h10-13H,5-9H2,1-4H3,(H,16,18)/t12-,13+/m0/s1. The van der Waals surface area contributed by atoms with Crippen molar-refractivity contribution in [3.8, 4) is 0 Å². The third-order valence-corrected chi connectivity index (χ3v) is 3.50. The molecule has 3 nitrogen and oxygen atoms in total. The number of halogens is 1. The lowest BCUT2D eigenvalue weighted by molar-refractivity contribution is -0.125. The number of hydrogen-bond acceptors (Lipinski definition) is 2. The summed E-state index contributed by atoms with van der Waals surface area (Å²) in [6.07, 6.45) is 0.890. The van der Waals surface area contributed by atoms with Crippen molar-refractivity contribution in [1.29, 1.82) is 0 Å². The maximum absolute atomic E-state index is 14.0. The molecule has 0 spiro atoms. The first-order valence-electron chi connectivity index (χ1n) is 7.07. The molecule has 1 aliphatic rings. The highest BCUT2D eigenvalue weighted by Gasteiger charge is 2.30. The number of alkyl halides is 1. The summed E-state index contributed by atoms with van der Waals surface area (Å²) in [5, 5.41) is 2.81. The number of rotatable bonds is 5. The Morgan fingerprint density at radius 2 is 2.06 bits per heavy atom. The van der Waals surface area contributed by atoms with Crippen LogP contribution in [0.5, 0.6) is 0 Å². The highest BCUT2D eigenvalue weighted by molar-refractivity contribution is 5.78. The van der Waals surface area contributed by atoms with Crippen LogP contribution in [0.25, 0.3) is 0 Å². The van der Waals surface area contributed by atoms with E-state index < -0.39 is 6.17 Å². The lowest BCUT2D eigenvalue weighted by Gasteiger charge is -2.35. The molecule has 0 radical (unpaired) electrons. The van der Waals surface area contributed by atoms with Crippen LogP contribution < -0.4 is 5.32 Å². The Morgan fingerprint density at radius 1 is 1.39 bits per heavy atom. The number of nitrogens with zero attached hydrogens (tertiary/aromatic N) is 1. The number of carbonyl (C=O) groups excluding carboxylic acids is 1. The van der Waals surface area contributed by atoms with Crippen molar-refractivity contribution in [2.24, 2.45) is 11.8 Å². The highest BCUT2D eigenvalue weighted by Crippen LogP contribution is 2.16. The monoisotopic (exact) mass is 258 g/mol. The van der Waals surface area contributed by atoms with Gasteiger partial charge in [-0.1, -0.05) is 27.7 Å². The molecule has 1 aliphatic heterocycles. The number of amides is 1. The van der Waals surface area contributed by atoms with E-state index >= 15 is 0 Å². The average molecular weight is 258 g/mol. The third-order valence-electron chi connectivity index (χ3n) is 3.50. The van der Waals surface area contributed by atoms with Crippen molar-refractivity contribution in [2.75, 3.05) is 19.6 Å². The van der Waals surface area contributed by atoms with Gasteiger partial charge in [-0.05, 0) is 25.3 Å². The number of carbonyl (C=O) groups is 1. The predicted molar refractivity (Wildman–Crippen MR) is 72.2 cm³/mol. The van der Waals surface area contributed by atoms with Crippen LogP contribution in [0.3, 0.4) is 0 Å². The van der Waals surface area contributed by atoms with E-state index in [1.165, 1.54) is 0 Å². The Hall–Kier alpha value is -0.640. The number of nitrogens with one attached hydrogen (secondary N) is 1. The van der Waals surface area contributed by atoms with E-state index in [-0.39, 0.29) is 17.9 Å². The molecule has 0 aromatic heterocycles. The summed E-state index contributed by atoms with van der Waals surface area (Å²) >= 11 is 0. The van der Waals surface area contributed by atoms with Gasteiger partial charge in [0.15, 0.2) is 0 Å². The zero-order valence-electron chi connectivity index (χ0n) is 12.1. The van der Waals surface area contributed by atoms with Gasteiger partial charge in [-0.25, -0.2) is 4.39 Å². The van der Waals surface area contributed by atoms with E-state index in [0.717, 1.165) is 25.9 Å². The van der Waals surface area contributed by atoms with Gasteiger partial charge in [0, 0.05) is 19.0 Å². The van der Waals surface area contributed by atoms with Gasteiger partial charge in [0.05, 0.1) is 6.04 Å². The van der Waals surface area contributed by atoms with Gasteiger partial charge >= 0.3 is 0 Å². The Morgan fingerprint density at radius 3 is 2.56 bits per heavy atom.